The number of nitrogens with zero attached hydrogens (tertiary/aromatic N) is 3. The normalized spacial score (nSPS) is 23.3. The predicted molar refractivity (Wildman–Crippen MR) is 55.1 cm³/mol. The Morgan fingerprint density at radius 3 is 3.15 bits per heavy atom. The van der Waals surface area contributed by atoms with Gasteiger partial charge in [0.05, 0.1) is 0 Å². The van der Waals surface area contributed by atoms with Crippen LogP contribution in [0.15, 0.2) is 6.33 Å². The van der Waals surface area contributed by atoms with E-state index in [0.29, 0.717) is 10.5 Å². The van der Waals surface area contributed by atoms with Crippen molar-refractivity contribution in [3.8, 4) is 0 Å². The monoisotopic (exact) mass is 217 g/mol. The van der Waals surface area contributed by atoms with Gasteiger partial charge in [0, 0.05) is 11.8 Å². The Hall–Kier alpha value is -0.220. The van der Waals surface area contributed by atoms with E-state index < -0.39 is 0 Å². The SMILES string of the molecule is Clc1nncn1CC1CCCCS1. The van der Waals surface area contributed by atoms with Gasteiger partial charge in [-0.15, -0.1) is 10.2 Å². The van der Waals surface area contributed by atoms with Crippen molar-refractivity contribution in [1.29, 1.82) is 0 Å². The first-order valence-electron chi connectivity index (χ1n) is 4.51. The lowest BCUT2D eigenvalue weighted by Gasteiger charge is -2.21. The van der Waals surface area contributed by atoms with Crippen molar-refractivity contribution in [3.05, 3.63) is 11.6 Å². The topological polar surface area (TPSA) is 30.7 Å². The fourth-order valence-electron chi connectivity index (χ4n) is 1.53. The van der Waals surface area contributed by atoms with Crippen LogP contribution >= 0.6 is 23.4 Å². The molecule has 0 aliphatic carbocycles. The van der Waals surface area contributed by atoms with Crippen LogP contribution in [-0.2, 0) is 6.54 Å². The smallest absolute Gasteiger partial charge is 0.224 e. The number of rotatable bonds is 2. The van der Waals surface area contributed by atoms with Crippen LogP contribution in [0, 0.1) is 0 Å². The molecule has 0 radical (unpaired) electrons. The summed E-state index contributed by atoms with van der Waals surface area (Å²) in [5.74, 6) is 1.28. The van der Waals surface area contributed by atoms with E-state index in [9.17, 15) is 0 Å². The first-order valence-corrected chi connectivity index (χ1v) is 5.94. The van der Waals surface area contributed by atoms with E-state index in [1.54, 1.807) is 6.33 Å². The van der Waals surface area contributed by atoms with Crippen LogP contribution in [0.1, 0.15) is 19.3 Å². The molecule has 2 heterocycles. The Morgan fingerprint density at radius 2 is 2.54 bits per heavy atom. The molecule has 0 amide bonds. The number of halogens is 1. The number of thioether (sulfide) groups is 1. The second-order valence-corrected chi connectivity index (χ2v) is 4.99. The summed E-state index contributed by atoms with van der Waals surface area (Å²) in [6, 6.07) is 0. The maximum atomic E-state index is 5.84. The van der Waals surface area contributed by atoms with E-state index in [1.807, 2.05) is 16.3 Å². The van der Waals surface area contributed by atoms with Crippen molar-refractivity contribution in [2.75, 3.05) is 5.75 Å². The molecule has 1 aliphatic rings. The zero-order valence-electron chi connectivity index (χ0n) is 7.32. The third-order valence-corrected chi connectivity index (χ3v) is 3.92. The third-order valence-electron chi connectivity index (χ3n) is 2.24. The second kappa shape index (κ2) is 4.33. The van der Waals surface area contributed by atoms with Crippen LogP contribution in [-0.4, -0.2) is 25.8 Å². The maximum absolute atomic E-state index is 5.84. The minimum atomic E-state index is 0.506. The van der Waals surface area contributed by atoms with E-state index >= 15 is 0 Å². The zero-order valence-corrected chi connectivity index (χ0v) is 8.89. The van der Waals surface area contributed by atoms with Crippen LogP contribution in [0.25, 0.3) is 0 Å². The highest BCUT2D eigenvalue weighted by molar-refractivity contribution is 7.99. The molecule has 1 aliphatic heterocycles. The quantitative estimate of drug-likeness (QED) is 0.761. The molecule has 1 saturated heterocycles. The summed E-state index contributed by atoms with van der Waals surface area (Å²) in [6.45, 7) is 0.955. The molecule has 0 aromatic carbocycles. The van der Waals surface area contributed by atoms with Crippen LogP contribution in [0.4, 0.5) is 0 Å². The molecule has 5 heteroatoms. The number of aromatic nitrogens is 3. The maximum Gasteiger partial charge on any atom is 0.224 e. The summed E-state index contributed by atoms with van der Waals surface area (Å²) in [4.78, 5) is 0. The van der Waals surface area contributed by atoms with E-state index in [2.05, 4.69) is 10.2 Å². The van der Waals surface area contributed by atoms with Crippen molar-refractivity contribution in [3.63, 3.8) is 0 Å². The Balaban J connectivity index is 1.93. The molecule has 1 atom stereocenters. The summed E-state index contributed by atoms with van der Waals surface area (Å²) < 4.78 is 1.92. The molecular formula is C8H12ClN3S. The molecule has 3 nitrogen and oxygen atoms in total. The summed E-state index contributed by atoms with van der Waals surface area (Å²) in [5.41, 5.74) is 0. The zero-order chi connectivity index (χ0) is 9.10. The Labute approximate surface area is 86.9 Å². The molecule has 0 spiro atoms. The lowest BCUT2D eigenvalue weighted by atomic mass is 10.2. The van der Waals surface area contributed by atoms with Crippen LogP contribution in [0.5, 0.6) is 0 Å². The minimum Gasteiger partial charge on any atom is -0.303 e. The Kier molecular flexibility index (Phi) is 3.11. The highest BCUT2D eigenvalue weighted by Gasteiger charge is 2.15. The lowest BCUT2D eigenvalue weighted by Crippen LogP contribution is -2.16. The fourth-order valence-corrected chi connectivity index (χ4v) is 2.99. The van der Waals surface area contributed by atoms with Gasteiger partial charge in [-0.25, -0.2) is 0 Å². The van der Waals surface area contributed by atoms with Crippen molar-refractivity contribution in [2.45, 2.75) is 31.1 Å². The van der Waals surface area contributed by atoms with Gasteiger partial charge in [-0.3, -0.25) is 0 Å². The summed E-state index contributed by atoms with van der Waals surface area (Å²) >= 11 is 7.87. The molecule has 0 saturated carbocycles. The lowest BCUT2D eigenvalue weighted by molar-refractivity contribution is 0.582. The summed E-state index contributed by atoms with van der Waals surface area (Å²) in [5, 5.41) is 8.71. The molecule has 72 valence electrons. The molecule has 1 fully saturated rings. The number of hydrogen-bond donors (Lipinski definition) is 0. The van der Waals surface area contributed by atoms with Gasteiger partial charge in [0.25, 0.3) is 0 Å². The summed E-state index contributed by atoms with van der Waals surface area (Å²) in [6.07, 6.45) is 5.70. The fraction of sp³-hybridized carbons (Fsp3) is 0.750. The predicted octanol–water partition coefficient (Wildman–Crippen LogP) is 2.22. The third kappa shape index (κ3) is 2.38. The van der Waals surface area contributed by atoms with Gasteiger partial charge >= 0.3 is 0 Å². The van der Waals surface area contributed by atoms with Crippen molar-refractivity contribution < 1.29 is 0 Å². The van der Waals surface area contributed by atoms with Crippen LogP contribution in [0.2, 0.25) is 5.28 Å². The molecular weight excluding hydrogens is 206 g/mol. The van der Waals surface area contributed by atoms with Crippen molar-refractivity contribution >= 4 is 23.4 Å². The molecule has 1 unspecified atom stereocenters. The van der Waals surface area contributed by atoms with Gasteiger partial charge in [-0.05, 0) is 30.2 Å². The van der Waals surface area contributed by atoms with Gasteiger partial charge in [0.2, 0.25) is 5.28 Å². The van der Waals surface area contributed by atoms with Crippen molar-refractivity contribution in [1.82, 2.24) is 14.8 Å². The minimum absolute atomic E-state index is 0.506. The molecule has 1 aromatic rings. The average Bonchev–Trinajstić information content (AvgIpc) is 2.54. The largest absolute Gasteiger partial charge is 0.303 e. The molecule has 2 rings (SSSR count). The van der Waals surface area contributed by atoms with E-state index in [4.69, 9.17) is 11.6 Å². The van der Waals surface area contributed by atoms with E-state index in [1.165, 1.54) is 25.0 Å². The number of hydrogen-bond acceptors (Lipinski definition) is 3. The van der Waals surface area contributed by atoms with Gasteiger partial charge in [-0.2, -0.15) is 11.8 Å². The summed E-state index contributed by atoms with van der Waals surface area (Å²) in [7, 11) is 0. The molecule has 0 N–H and O–H groups in total. The van der Waals surface area contributed by atoms with Gasteiger partial charge in [0.15, 0.2) is 0 Å². The standard InChI is InChI=1S/C8H12ClN3S/c9-8-11-10-6-12(8)5-7-3-1-2-4-13-7/h6-7H,1-5H2. The Bertz CT molecular complexity index is 270. The molecule has 1 aromatic heterocycles. The molecule has 13 heavy (non-hydrogen) atoms. The van der Waals surface area contributed by atoms with Crippen LogP contribution in [0.3, 0.4) is 0 Å². The van der Waals surface area contributed by atoms with E-state index in [0.717, 1.165) is 6.54 Å². The van der Waals surface area contributed by atoms with E-state index in [-0.39, 0.29) is 0 Å². The van der Waals surface area contributed by atoms with Gasteiger partial charge in [0.1, 0.15) is 6.33 Å². The van der Waals surface area contributed by atoms with Crippen LogP contribution < -0.4 is 0 Å². The second-order valence-electron chi connectivity index (χ2n) is 3.24. The first kappa shape index (κ1) is 9.34. The Morgan fingerprint density at radius 1 is 1.62 bits per heavy atom. The molecule has 0 bridgehead atoms. The van der Waals surface area contributed by atoms with Gasteiger partial charge in [-0.1, -0.05) is 6.42 Å². The first-order chi connectivity index (χ1) is 6.36. The highest BCUT2D eigenvalue weighted by atomic mass is 35.5. The van der Waals surface area contributed by atoms with Crippen molar-refractivity contribution in [2.24, 2.45) is 0 Å². The van der Waals surface area contributed by atoms with Gasteiger partial charge < -0.3 is 4.57 Å². The average molecular weight is 218 g/mol. The highest BCUT2D eigenvalue weighted by Crippen LogP contribution is 2.26.